The molecular weight excluding hydrogens is 263 g/mol. The molecule has 6 nitrogen and oxygen atoms in total. The normalized spacial score (nSPS) is 17.9. The van der Waals surface area contributed by atoms with Gasteiger partial charge in [0.05, 0.1) is 18.9 Å². The van der Waals surface area contributed by atoms with Gasteiger partial charge in [0, 0.05) is 26.2 Å². The number of hydrogen-bond acceptors (Lipinski definition) is 4. The summed E-state index contributed by atoms with van der Waals surface area (Å²) in [5.41, 5.74) is 0.764. The lowest BCUT2D eigenvalue weighted by molar-refractivity contribution is -0.131. The lowest BCUT2D eigenvalue weighted by atomic mass is 10.2. The predicted molar refractivity (Wildman–Crippen MR) is 60.6 cm³/mol. The fraction of sp³-hybridized carbons (Fsp3) is 0.500. The van der Waals surface area contributed by atoms with Crippen molar-refractivity contribution in [2.75, 3.05) is 26.2 Å². The van der Waals surface area contributed by atoms with Crippen LogP contribution in [0.4, 0.5) is 3.89 Å². The molecule has 1 aromatic heterocycles. The van der Waals surface area contributed by atoms with Gasteiger partial charge in [0.25, 0.3) is 0 Å². The smallest absolute Gasteiger partial charge is 0.374 e. The third-order valence-corrected chi connectivity index (χ3v) is 3.82. The summed E-state index contributed by atoms with van der Waals surface area (Å²) < 4.78 is 39.6. The second kappa shape index (κ2) is 5.07. The van der Waals surface area contributed by atoms with E-state index in [1.807, 2.05) is 0 Å². The van der Waals surface area contributed by atoms with Crippen molar-refractivity contribution < 1.29 is 21.5 Å². The number of rotatable bonds is 3. The number of carbonyl (C=O) groups is 1. The van der Waals surface area contributed by atoms with Gasteiger partial charge in [-0.05, 0) is 11.6 Å². The van der Waals surface area contributed by atoms with E-state index in [0.29, 0.717) is 0 Å². The zero-order valence-electron chi connectivity index (χ0n) is 9.58. The van der Waals surface area contributed by atoms with Crippen LogP contribution in [0.2, 0.25) is 0 Å². The molecule has 0 aromatic carbocycles. The monoisotopic (exact) mass is 276 g/mol. The maximum absolute atomic E-state index is 12.7. The van der Waals surface area contributed by atoms with Crippen molar-refractivity contribution in [3.63, 3.8) is 0 Å². The van der Waals surface area contributed by atoms with Crippen LogP contribution in [0.25, 0.3) is 0 Å². The topological polar surface area (TPSA) is 70.8 Å². The number of carbonyl (C=O) groups excluding carboxylic acids is 1. The fourth-order valence-electron chi connectivity index (χ4n) is 1.84. The highest BCUT2D eigenvalue weighted by Crippen LogP contribution is 2.10. The van der Waals surface area contributed by atoms with Crippen molar-refractivity contribution in [1.82, 2.24) is 9.21 Å². The molecule has 1 aliphatic rings. The average Bonchev–Trinajstić information content (AvgIpc) is 2.81. The van der Waals surface area contributed by atoms with E-state index >= 15 is 0 Å². The van der Waals surface area contributed by atoms with E-state index < -0.39 is 10.4 Å². The van der Waals surface area contributed by atoms with Gasteiger partial charge in [0.1, 0.15) is 0 Å². The van der Waals surface area contributed by atoms with Crippen molar-refractivity contribution >= 4 is 16.3 Å². The van der Waals surface area contributed by atoms with Crippen LogP contribution < -0.4 is 0 Å². The van der Waals surface area contributed by atoms with E-state index in [9.17, 15) is 17.1 Å². The SMILES string of the molecule is O=C(Cc1ccoc1)N1CCN(S(=O)(=O)F)CC1. The first kappa shape index (κ1) is 13.0. The minimum atomic E-state index is -4.64. The van der Waals surface area contributed by atoms with Gasteiger partial charge in [-0.2, -0.15) is 12.7 Å². The largest absolute Gasteiger partial charge is 0.472 e. The molecule has 0 aliphatic carbocycles. The second-order valence-electron chi connectivity index (χ2n) is 4.03. The van der Waals surface area contributed by atoms with Gasteiger partial charge in [0.15, 0.2) is 0 Å². The van der Waals surface area contributed by atoms with Gasteiger partial charge in [-0.3, -0.25) is 4.79 Å². The highest BCUT2D eigenvalue weighted by molar-refractivity contribution is 7.83. The predicted octanol–water partition coefficient (Wildman–Crippen LogP) is 0.181. The van der Waals surface area contributed by atoms with Crippen molar-refractivity contribution in [2.45, 2.75) is 6.42 Å². The highest BCUT2D eigenvalue weighted by Gasteiger charge is 2.28. The van der Waals surface area contributed by atoms with Crippen LogP contribution in [-0.2, 0) is 21.6 Å². The number of amides is 1. The minimum Gasteiger partial charge on any atom is -0.472 e. The Balaban J connectivity index is 1.88. The van der Waals surface area contributed by atoms with Crippen LogP contribution in [0.1, 0.15) is 5.56 Å². The molecule has 1 aliphatic heterocycles. The molecule has 1 amide bonds. The molecule has 0 N–H and O–H groups in total. The van der Waals surface area contributed by atoms with Gasteiger partial charge in [-0.15, -0.1) is 0 Å². The van der Waals surface area contributed by atoms with E-state index in [0.717, 1.165) is 9.87 Å². The van der Waals surface area contributed by atoms with E-state index in [-0.39, 0.29) is 38.5 Å². The summed E-state index contributed by atoms with van der Waals surface area (Å²) in [4.78, 5) is 13.4. The standard InChI is InChI=1S/C10H13FN2O4S/c11-18(15,16)13-4-2-12(3-5-13)10(14)7-9-1-6-17-8-9/h1,6,8H,2-5,7H2. The molecule has 0 spiro atoms. The summed E-state index contributed by atoms with van der Waals surface area (Å²) in [6.45, 7) is 0.408. The fourth-order valence-corrected chi connectivity index (χ4v) is 2.43. The van der Waals surface area contributed by atoms with Crippen LogP contribution in [0.15, 0.2) is 23.0 Å². The van der Waals surface area contributed by atoms with Crippen LogP contribution in [0, 0.1) is 0 Å². The minimum absolute atomic E-state index is 0.00401. The lowest BCUT2D eigenvalue weighted by Crippen LogP contribution is -2.50. The second-order valence-corrected chi connectivity index (χ2v) is 5.37. The molecule has 0 atom stereocenters. The molecule has 2 heterocycles. The van der Waals surface area contributed by atoms with E-state index in [1.54, 1.807) is 6.07 Å². The number of furan rings is 1. The molecule has 1 aromatic rings. The first-order valence-corrected chi connectivity index (χ1v) is 6.79. The summed E-state index contributed by atoms with van der Waals surface area (Å²) in [5, 5.41) is 0. The van der Waals surface area contributed by atoms with Crippen LogP contribution in [0.5, 0.6) is 0 Å². The zero-order valence-corrected chi connectivity index (χ0v) is 10.4. The summed E-state index contributed by atoms with van der Waals surface area (Å²) in [6, 6.07) is 1.69. The Hall–Kier alpha value is -1.41. The lowest BCUT2D eigenvalue weighted by Gasteiger charge is -2.31. The quantitative estimate of drug-likeness (QED) is 0.738. The molecule has 1 fully saturated rings. The van der Waals surface area contributed by atoms with Gasteiger partial charge in [0.2, 0.25) is 5.91 Å². The maximum Gasteiger partial charge on any atom is 0.374 e. The number of nitrogens with zero attached hydrogens (tertiary/aromatic N) is 2. The molecule has 0 radical (unpaired) electrons. The number of piperazine rings is 1. The number of hydrogen-bond donors (Lipinski definition) is 0. The number of halogens is 1. The van der Waals surface area contributed by atoms with Crippen LogP contribution >= 0.6 is 0 Å². The van der Waals surface area contributed by atoms with Crippen molar-refractivity contribution in [3.05, 3.63) is 24.2 Å². The van der Waals surface area contributed by atoms with Crippen molar-refractivity contribution in [2.24, 2.45) is 0 Å². The Bertz CT molecular complexity index is 506. The molecule has 0 unspecified atom stereocenters. The van der Waals surface area contributed by atoms with Gasteiger partial charge >= 0.3 is 10.4 Å². The third kappa shape index (κ3) is 3.08. The van der Waals surface area contributed by atoms with Crippen molar-refractivity contribution in [1.29, 1.82) is 0 Å². The Morgan fingerprint density at radius 2 is 2.00 bits per heavy atom. The Labute approximate surface area is 104 Å². The maximum atomic E-state index is 12.7. The van der Waals surface area contributed by atoms with Crippen LogP contribution in [-0.4, -0.2) is 49.7 Å². The molecule has 100 valence electrons. The van der Waals surface area contributed by atoms with Gasteiger partial charge in [-0.25, -0.2) is 0 Å². The van der Waals surface area contributed by atoms with Crippen LogP contribution in [0.3, 0.4) is 0 Å². The molecule has 0 saturated carbocycles. The first-order chi connectivity index (χ1) is 8.47. The van der Waals surface area contributed by atoms with Gasteiger partial charge < -0.3 is 9.32 Å². The Kier molecular flexibility index (Phi) is 3.67. The van der Waals surface area contributed by atoms with E-state index in [4.69, 9.17) is 4.42 Å². The summed E-state index contributed by atoms with van der Waals surface area (Å²) in [7, 11) is -4.64. The molecule has 8 heteroatoms. The van der Waals surface area contributed by atoms with Crippen molar-refractivity contribution in [3.8, 4) is 0 Å². The van der Waals surface area contributed by atoms with Gasteiger partial charge in [-0.1, -0.05) is 3.89 Å². The average molecular weight is 276 g/mol. The Morgan fingerprint density at radius 3 is 2.50 bits per heavy atom. The molecule has 0 bridgehead atoms. The molecule has 2 rings (SSSR count). The first-order valence-electron chi connectivity index (χ1n) is 5.45. The third-order valence-electron chi connectivity index (χ3n) is 2.84. The van der Waals surface area contributed by atoms with E-state index in [1.165, 1.54) is 17.4 Å². The Morgan fingerprint density at radius 1 is 1.33 bits per heavy atom. The summed E-state index contributed by atoms with van der Waals surface area (Å²) in [5.74, 6) is -0.118. The van der Waals surface area contributed by atoms with E-state index in [2.05, 4.69) is 0 Å². The molecule has 1 saturated heterocycles. The zero-order chi connectivity index (χ0) is 13.2. The summed E-state index contributed by atoms with van der Waals surface area (Å²) >= 11 is 0. The molecule has 18 heavy (non-hydrogen) atoms. The molecular formula is C10H13FN2O4S. The summed E-state index contributed by atoms with van der Waals surface area (Å²) in [6.07, 6.45) is 3.18. The highest BCUT2D eigenvalue weighted by atomic mass is 32.3.